The van der Waals surface area contributed by atoms with E-state index in [1.165, 1.54) is 15.3 Å². The second-order valence-electron chi connectivity index (χ2n) is 4.51. The lowest BCUT2D eigenvalue weighted by atomic mass is 10.1. The predicted octanol–water partition coefficient (Wildman–Crippen LogP) is 2.31. The summed E-state index contributed by atoms with van der Waals surface area (Å²) in [6.07, 6.45) is 0. The molecule has 2 aromatic rings. The van der Waals surface area contributed by atoms with Gasteiger partial charge in [-0.2, -0.15) is 0 Å². The van der Waals surface area contributed by atoms with Gasteiger partial charge in [0.25, 0.3) is 0 Å². The Labute approximate surface area is 115 Å². The van der Waals surface area contributed by atoms with Crippen LogP contribution in [0, 0.1) is 0 Å². The quantitative estimate of drug-likeness (QED) is 0.762. The van der Waals surface area contributed by atoms with Crippen LogP contribution in [0.15, 0.2) is 29.0 Å². The van der Waals surface area contributed by atoms with Crippen LogP contribution >= 0.6 is 22.7 Å². The molecule has 0 unspecified atom stereocenters. The molecule has 0 aliphatic heterocycles. The molecule has 0 radical (unpaired) electrons. The molecule has 5 heteroatoms. The number of hydrogen-bond acceptors (Lipinski definition) is 5. The highest BCUT2D eigenvalue weighted by atomic mass is 32.1. The van der Waals surface area contributed by atoms with Crippen molar-refractivity contribution in [1.82, 2.24) is 5.32 Å². The van der Waals surface area contributed by atoms with Crippen molar-refractivity contribution >= 4 is 22.7 Å². The number of aliphatic hydroxyl groups excluding tert-OH is 2. The van der Waals surface area contributed by atoms with E-state index < -0.39 is 5.54 Å². The van der Waals surface area contributed by atoms with Crippen molar-refractivity contribution in [3.63, 3.8) is 0 Å². The van der Waals surface area contributed by atoms with Crippen molar-refractivity contribution < 1.29 is 10.2 Å². The highest BCUT2D eigenvalue weighted by Gasteiger charge is 2.21. The molecule has 2 rings (SSSR count). The van der Waals surface area contributed by atoms with Crippen LogP contribution in [0.25, 0.3) is 10.4 Å². The maximum absolute atomic E-state index is 9.20. The van der Waals surface area contributed by atoms with E-state index in [2.05, 4.69) is 28.2 Å². The fraction of sp³-hybridized carbons (Fsp3) is 0.385. The minimum absolute atomic E-state index is 0.0767. The molecule has 3 nitrogen and oxygen atoms in total. The molecule has 0 spiro atoms. The lowest BCUT2D eigenvalue weighted by Crippen LogP contribution is -2.48. The van der Waals surface area contributed by atoms with E-state index in [1.807, 2.05) is 6.07 Å². The Morgan fingerprint density at radius 1 is 1.28 bits per heavy atom. The highest BCUT2D eigenvalue weighted by Crippen LogP contribution is 2.29. The van der Waals surface area contributed by atoms with Gasteiger partial charge in [-0.05, 0) is 29.8 Å². The first-order valence-electron chi connectivity index (χ1n) is 5.75. The molecule has 0 fully saturated rings. The number of hydrogen-bond donors (Lipinski definition) is 3. The first-order chi connectivity index (χ1) is 8.67. The molecule has 0 bridgehead atoms. The molecule has 2 aromatic heterocycles. The minimum atomic E-state index is -0.618. The van der Waals surface area contributed by atoms with Crippen LogP contribution in [-0.4, -0.2) is 29.0 Å². The van der Waals surface area contributed by atoms with Gasteiger partial charge in [0.05, 0.1) is 18.8 Å². The normalized spacial score (nSPS) is 11.9. The summed E-state index contributed by atoms with van der Waals surface area (Å²) in [6.45, 7) is 2.31. The molecule has 0 saturated carbocycles. The largest absolute Gasteiger partial charge is 0.394 e. The van der Waals surface area contributed by atoms with Gasteiger partial charge >= 0.3 is 0 Å². The van der Waals surface area contributed by atoms with E-state index in [9.17, 15) is 10.2 Å². The van der Waals surface area contributed by atoms with Crippen molar-refractivity contribution in [3.05, 3.63) is 33.8 Å². The van der Waals surface area contributed by atoms with Gasteiger partial charge in [-0.15, -0.1) is 22.7 Å². The first-order valence-corrected chi connectivity index (χ1v) is 7.51. The summed E-state index contributed by atoms with van der Waals surface area (Å²) >= 11 is 3.42. The summed E-state index contributed by atoms with van der Waals surface area (Å²) in [4.78, 5) is 2.47. The molecule has 2 heterocycles. The molecule has 98 valence electrons. The van der Waals surface area contributed by atoms with Crippen molar-refractivity contribution in [3.8, 4) is 10.4 Å². The summed E-state index contributed by atoms with van der Waals surface area (Å²) in [5.41, 5.74) is 0.620. The molecule has 0 saturated heterocycles. The van der Waals surface area contributed by atoms with Crippen LogP contribution in [-0.2, 0) is 6.54 Å². The number of nitrogens with one attached hydrogen (secondary N) is 1. The Morgan fingerprint density at radius 3 is 2.67 bits per heavy atom. The standard InChI is InChI=1S/C13H17NO2S2/c1-13(8-15,9-16)14-6-11-5-10(7-18-11)12-3-2-4-17-12/h2-5,7,14-16H,6,8-9H2,1H3. The fourth-order valence-electron chi connectivity index (χ4n) is 1.51. The zero-order valence-electron chi connectivity index (χ0n) is 10.2. The van der Waals surface area contributed by atoms with Gasteiger partial charge in [-0.25, -0.2) is 0 Å². The zero-order valence-corrected chi connectivity index (χ0v) is 11.9. The third-order valence-corrected chi connectivity index (χ3v) is 4.70. The third kappa shape index (κ3) is 3.18. The monoisotopic (exact) mass is 283 g/mol. The summed E-state index contributed by atoms with van der Waals surface area (Å²) in [7, 11) is 0. The summed E-state index contributed by atoms with van der Waals surface area (Å²) in [5.74, 6) is 0. The maximum Gasteiger partial charge on any atom is 0.0633 e. The highest BCUT2D eigenvalue weighted by molar-refractivity contribution is 7.14. The molecular weight excluding hydrogens is 266 g/mol. The van der Waals surface area contributed by atoms with Crippen molar-refractivity contribution in [2.75, 3.05) is 13.2 Å². The van der Waals surface area contributed by atoms with Gasteiger partial charge in [0.2, 0.25) is 0 Å². The maximum atomic E-state index is 9.20. The van der Waals surface area contributed by atoms with E-state index in [0.717, 1.165) is 0 Å². The molecule has 0 aliphatic rings. The van der Waals surface area contributed by atoms with Gasteiger partial charge in [-0.1, -0.05) is 6.07 Å². The van der Waals surface area contributed by atoms with E-state index in [-0.39, 0.29) is 13.2 Å². The zero-order chi connectivity index (χ0) is 13.0. The Morgan fingerprint density at radius 2 is 2.06 bits per heavy atom. The Kier molecular flexibility index (Phi) is 4.53. The summed E-state index contributed by atoms with van der Waals surface area (Å²) < 4.78 is 0. The SMILES string of the molecule is CC(CO)(CO)NCc1cc(-c2cccs2)cs1. The van der Waals surface area contributed by atoms with E-state index in [1.54, 1.807) is 29.6 Å². The van der Waals surface area contributed by atoms with E-state index >= 15 is 0 Å². The molecular formula is C13H17NO2S2. The fourth-order valence-corrected chi connectivity index (χ4v) is 3.12. The summed E-state index contributed by atoms with van der Waals surface area (Å²) in [5, 5.41) is 25.8. The van der Waals surface area contributed by atoms with Crippen LogP contribution in [0.3, 0.4) is 0 Å². The lowest BCUT2D eigenvalue weighted by molar-refractivity contribution is 0.103. The van der Waals surface area contributed by atoms with Crippen molar-refractivity contribution in [2.24, 2.45) is 0 Å². The molecule has 3 N–H and O–H groups in total. The van der Waals surface area contributed by atoms with E-state index in [4.69, 9.17) is 0 Å². The van der Waals surface area contributed by atoms with Crippen LogP contribution in [0.4, 0.5) is 0 Å². The molecule has 0 amide bonds. The lowest BCUT2D eigenvalue weighted by Gasteiger charge is -2.25. The van der Waals surface area contributed by atoms with Crippen molar-refractivity contribution in [2.45, 2.75) is 19.0 Å². The molecule has 0 aromatic carbocycles. The van der Waals surface area contributed by atoms with Crippen LogP contribution in [0.5, 0.6) is 0 Å². The van der Waals surface area contributed by atoms with Crippen LogP contribution in [0.2, 0.25) is 0 Å². The van der Waals surface area contributed by atoms with Gasteiger partial charge in [0, 0.05) is 21.9 Å². The second-order valence-corrected chi connectivity index (χ2v) is 6.45. The average molecular weight is 283 g/mol. The first kappa shape index (κ1) is 13.7. The van der Waals surface area contributed by atoms with Gasteiger partial charge in [-0.3, -0.25) is 0 Å². The Hall–Kier alpha value is -0.720. The van der Waals surface area contributed by atoms with Gasteiger partial charge in [0.15, 0.2) is 0 Å². The Balaban J connectivity index is 1.99. The van der Waals surface area contributed by atoms with Crippen molar-refractivity contribution in [1.29, 1.82) is 0 Å². The van der Waals surface area contributed by atoms with Gasteiger partial charge < -0.3 is 15.5 Å². The smallest absolute Gasteiger partial charge is 0.0633 e. The number of aliphatic hydroxyl groups is 2. The van der Waals surface area contributed by atoms with Crippen LogP contribution < -0.4 is 5.32 Å². The predicted molar refractivity (Wildman–Crippen MR) is 77.0 cm³/mol. The minimum Gasteiger partial charge on any atom is -0.394 e. The Bertz CT molecular complexity index is 475. The number of rotatable bonds is 6. The number of thiophene rings is 2. The van der Waals surface area contributed by atoms with E-state index in [0.29, 0.717) is 6.54 Å². The summed E-state index contributed by atoms with van der Waals surface area (Å²) in [6, 6.07) is 6.30. The third-order valence-electron chi connectivity index (χ3n) is 2.85. The second kappa shape index (κ2) is 5.95. The average Bonchev–Trinajstić information content (AvgIpc) is 3.06. The molecule has 0 aliphatic carbocycles. The van der Waals surface area contributed by atoms with Gasteiger partial charge in [0.1, 0.15) is 0 Å². The van der Waals surface area contributed by atoms with Crippen LogP contribution in [0.1, 0.15) is 11.8 Å². The molecule has 18 heavy (non-hydrogen) atoms. The molecule has 0 atom stereocenters. The topological polar surface area (TPSA) is 52.5 Å².